The van der Waals surface area contributed by atoms with Crippen LogP contribution in [-0.4, -0.2) is 31.1 Å². The van der Waals surface area contributed by atoms with Crippen molar-refractivity contribution in [3.05, 3.63) is 48.2 Å². The number of anilines is 2. The first-order valence-corrected chi connectivity index (χ1v) is 7.93. The monoisotopic (exact) mass is 311 g/mol. The van der Waals surface area contributed by atoms with Gasteiger partial charge in [-0.1, -0.05) is 6.07 Å². The molecule has 1 N–H and O–H groups in total. The number of aromatic nitrogens is 1. The Labute approximate surface area is 136 Å². The van der Waals surface area contributed by atoms with Gasteiger partial charge in [-0.2, -0.15) is 0 Å². The SMILES string of the molecule is COc1cccc(C(=O)Nc2ccc(N3CCCCC3)cn2)c1. The molecule has 1 aliphatic heterocycles. The number of amides is 1. The van der Waals surface area contributed by atoms with E-state index in [9.17, 15) is 4.79 Å². The van der Waals surface area contributed by atoms with E-state index in [1.165, 1.54) is 19.3 Å². The molecule has 0 atom stereocenters. The molecule has 1 amide bonds. The average molecular weight is 311 g/mol. The lowest BCUT2D eigenvalue weighted by Crippen LogP contribution is -2.29. The summed E-state index contributed by atoms with van der Waals surface area (Å²) in [7, 11) is 1.58. The molecule has 0 unspecified atom stereocenters. The summed E-state index contributed by atoms with van der Waals surface area (Å²) in [5.41, 5.74) is 1.66. The number of carbonyl (C=O) groups is 1. The van der Waals surface area contributed by atoms with E-state index >= 15 is 0 Å². The lowest BCUT2D eigenvalue weighted by Gasteiger charge is -2.28. The van der Waals surface area contributed by atoms with Crippen LogP contribution in [0.2, 0.25) is 0 Å². The van der Waals surface area contributed by atoms with Crippen LogP contribution >= 0.6 is 0 Å². The zero-order valence-electron chi connectivity index (χ0n) is 13.3. The molecule has 1 saturated heterocycles. The molecule has 1 aliphatic rings. The summed E-state index contributed by atoms with van der Waals surface area (Å²) in [4.78, 5) is 18.9. The van der Waals surface area contributed by atoms with Crippen molar-refractivity contribution in [2.24, 2.45) is 0 Å². The minimum atomic E-state index is -0.192. The van der Waals surface area contributed by atoms with Crippen molar-refractivity contribution in [1.82, 2.24) is 4.98 Å². The second-order valence-electron chi connectivity index (χ2n) is 5.64. The Morgan fingerprint density at radius 1 is 1.17 bits per heavy atom. The normalized spacial score (nSPS) is 14.4. The largest absolute Gasteiger partial charge is 0.497 e. The van der Waals surface area contributed by atoms with E-state index in [0.29, 0.717) is 17.1 Å². The van der Waals surface area contributed by atoms with Crippen molar-refractivity contribution >= 4 is 17.4 Å². The Kier molecular flexibility index (Phi) is 4.76. The molecule has 5 heteroatoms. The number of hydrogen-bond acceptors (Lipinski definition) is 4. The van der Waals surface area contributed by atoms with Crippen LogP contribution in [0, 0.1) is 0 Å². The molecule has 1 aromatic carbocycles. The molecular formula is C18H21N3O2. The number of piperidine rings is 1. The lowest BCUT2D eigenvalue weighted by atomic mass is 10.1. The molecule has 2 heterocycles. The highest BCUT2D eigenvalue weighted by atomic mass is 16.5. The van der Waals surface area contributed by atoms with Gasteiger partial charge in [0.25, 0.3) is 5.91 Å². The van der Waals surface area contributed by atoms with Crippen molar-refractivity contribution < 1.29 is 9.53 Å². The quantitative estimate of drug-likeness (QED) is 0.941. The van der Waals surface area contributed by atoms with Gasteiger partial charge in [-0.25, -0.2) is 4.98 Å². The van der Waals surface area contributed by atoms with Crippen molar-refractivity contribution in [3.63, 3.8) is 0 Å². The fourth-order valence-electron chi connectivity index (χ4n) is 2.75. The Morgan fingerprint density at radius 3 is 2.70 bits per heavy atom. The van der Waals surface area contributed by atoms with Gasteiger partial charge in [-0.05, 0) is 49.6 Å². The van der Waals surface area contributed by atoms with Gasteiger partial charge in [-0.3, -0.25) is 4.79 Å². The van der Waals surface area contributed by atoms with E-state index in [4.69, 9.17) is 4.74 Å². The molecule has 0 saturated carbocycles. The number of ether oxygens (including phenoxy) is 1. The van der Waals surface area contributed by atoms with Gasteiger partial charge in [0.2, 0.25) is 0 Å². The van der Waals surface area contributed by atoms with Crippen molar-refractivity contribution in [1.29, 1.82) is 0 Å². The van der Waals surface area contributed by atoms with Crippen molar-refractivity contribution in [2.75, 3.05) is 30.4 Å². The molecule has 1 fully saturated rings. The predicted octanol–water partition coefficient (Wildman–Crippen LogP) is 3.33. The first-order valence-electron chi connectivity index (χ1n) is 7.93. The Hall–Kier alpha value is -2.56. The summed E-state index contributed by atoms with van der Waals surface area (Å²) < 4.78 is 5.14. The van der Waals surface area contributed by atoms with Crippen LogP contribution in [0.25, 0.3) is 0 Å². The highest BCUT2D eigenvalue weighted by Crippen LogP contribution is 2.20. The van der Waals surface area contributed by atoms with E-state index in [2.05, 4.69) is 15.2 Å². The second-order valence-corrected chi connectivity index (χ2v) is 5.64. The minimum absolute atomic E-state index is 0.192. The molecule has 0 radical (unpaired) electrons. The summed E-state index contributed by atoms with van der Waals surface area (Å²) in [6.07, 6.45) is 5.59. The fraction of sp³-hybridized carbons (Fsp3) is 0.333. The van der Waals surface area contributed by atoms with Crippen LogP contribution in [0.5, 0.6) is 5.75 Å². The number of methoxy groups -OCH3 is 1. The van der Waals surface area contributed by atoms with Gasteiger partial charge < -0.3 is 15.0 Å². The molecule has 3 rings (SSSR count). The fourth-order valence-corrected chi connectivity index (χ4v) is 2.75. The standard InChI is InChI=1S/C18H21N3O2/c1-23-16-7-5-6-14(12-16)18(22)20-17-9-8-15(13-19-17)21-10-3-2-4-11-21/h5-9,12-13H,2-4,10-11H2,1H3,(H,19,20,22). The van der Waals surface area contributed by atoms with E-state index in [1.54, 1.807) is 25.3 Å². The van der Waals surface area contributed by atoms with Gasteiger partial charge in [0, 0.05) is 18.7 Å². The first-order chi connectivity index (χ1) is 11.3. The van der Waals surface area contributed by atoms with Crippen LogP contribution in [-0.2, 0) is 0 Å². The molecular weight excluding hydrogens is 290 g/mol. The Morgan fingerprint density at radius 2 is 2.00 bits per heavy atom. The van der Waals surface area contributed by atoms with Gasteiger partial charge in [0.05, 0.1) is 19.0 Å². The molecule has 0 aliphatic carbocycles. The third-order valence-corrected chi connectivity index (χ3v) is 4.04. The number of carbonyl (C=O) groups excluding carboxylic acids is 1. The molecule has 0 spiro atoms. The number of nitrogens with zero attached hydrogens (tertiary/aromatic N) is 2. The zero-order chi connectivity index (χ0) is 16.1. The first kappa shape index (κ1) is 15.3. The molecule has 1 aromatic heterocycles. The molecule has 2 aromatic rings. The molecule has 0 bridgehead atoms. The van der Waals surface area contributed by atoms with E-state index in [-0.39, 0.29) is 5.91 Å². The highest BCUT2D eigenvalue weighted by Gasteiger charge is 2.12. The van der Waals surface area contributed by atoms with Gasteiger partial charge >= 0.3 is 0 Å². The maximum absolute atomic E-state index is 12.3. The smallest absolute Gasteiger partial charge is 0.256 e. The third-order valence-electron chi connectivity index (χ3n) is 4.04. The van der Waals surface area contributed by atoms with Crippen molar-refractivity contribution in [3.8, 4) is 5.75 Å². The lowest BCUT2D eigenvalue weighted by molar-refractivity contribution is 0.102. The second kappa shape index (κ2) is 7.13. The minimum Gasteiger partial charge on any atom is -0.497 e. The summed E-state index contributed by atoms with van der Waals surface area (Å²) in [6.45, 7) is 2.16. The van der Waals surface area contributed by atoms with E-state index in [0.717, 1.165) is 18.8 Å². The van der Waals surface area contributed by atoms with E-state index < -0.39 is 0 Å². The van der Waals surface area contributed by atoms with Crippen LogP contribution < -0.4 is 15.0 Å². The number of benzene rings is 1. The Balaban J connectivity index is 1.66. The summed E-state index contributed by atoms with van der Waals surface area (Å²) in [5, 5.41) is 2.82. The molecule has 120 valence electrons. The van der Waals surface area contributed by atoms with Crippen LogP contribution in [0.15, 0.2) is 42.6 Å². The summed E-state index contributed by atoms with van der Waals surface area (Å²) >= 11 is 0. The van der Waals surface area contributed by atoms with Crippen LogP contribution in [0.4, 0.5) is 11.5 Å². The summed E-state index contributed by atoms with van der Waals surface area (Å²) in [5.74, 6) is 1.02. The zero-order valence-corrected chi connectivity index (χ0v) is 13.3. The average Bonchev–Trinajstić information content (AvgIpc) is 2.63. The van der Waals surface area contributed by atoms with Gasteiger partial charge in [0.1, 0.15) is 11.6 Å². The van der Waals surface area contributed by atoms with E-state index in [1.807, 2.05) is 24.4 Å². The maximum atomic E-state index is 12.3. The third kappa shape index (κ3) is 3.80. The van der Waals surface area contributed by atoms with Crippen molar-refractivity contribution in [2.45, 2.75) is 19.3 Å². The topological polar surface area (TPSA) is 54.5 Å². The maximum Gasteiger partial charge on any atom is 0.256 e. The number of nitrogens with one attached hydrogen (secondary N) is 1. The number of hydrogen-bond donors (Lipinski definition) is 1. The van der Waals surface area contributed by atoms with Gasteiger partial charge in [-0.15, -0.1) is 0 Å². The van der Waals surface area contributed by atoms with Gasteiger partial charge in [0.15, 0.2) is 0 Å². The molecule has 5 nitrogen and oxygen atoms in total. The highest BCUT2D eigenvalue weighted by molar-refractivity contribution is 6.04. The number of rotatable bonds is 4. The van der Waals surface area contributed by atoms with Crippen LogP contribution in [0.3, 0.4) is 0 Å². The Bertz CT molecular complexity index is 664. The predicted molar refractivity (Wildman–Crippen MR) is 91.2 cm³/mol. The molecule has 23 heavy (non-hydrogen) atoms. The summed E-state index contributed by atoms with van der Waals surface area (Å²) in [6, 6.07) is 10.9. The van der Waals surface area contributed by atoms with Crippen LogP contribution in [0.1, 0.15) is 29.6 Å². The number of pyridine rings is 1.